The number of anilines is 1. The molecular weight excluding hydrogens is 298 g/mol. The van der Waals surface area contributed by atoms with Gasteiger partial charge in [0.25, 0.3) is 0 Å². The lowest BCUT2D eigenvalue weighted by Gasteiger charge is -2.26. The van der Waals surface area contributed by atoms with Crippen molar-refractivity contribution >= 4 is 5.82 Å². The third-order valence-electron chi connectivity index (χ3n) is 5.04. The van der Waals surface area contributed by atoms with E-state index in [4.69, 9.17) is 4.74 Å². The molecule has 1 aromatic carbocycles. The van der Waals surface area contributed by atoms with Crippen LogP contribution in [0.1, 0.15) is 36.3 Å². The maximum Gasteiger partial charge on any atom is 0.128 e. The number of fused-ring (bicyclic) bond motifs is 1. The summed E-state index contributed by atoms with van der Waals surface area (Å²) in [5, 5.41) is 3.59. The Labute approximate surface area is 143 Å². The lowest BCUT2D eigenvalue weighted by atomic mass is 9.93. The minimum Gasteiger partial charge on any atom is -0.493 e. The quantitative estimate of drug-likeness (QED) is 0.916. The first-order chi connectivity index (χ1) is 11.9. The average Bonchev–Trinajstić information content (AvgIpc) is 3.17. The number of para-hydroxylation sites is 1. The molecule has 0 aliphatic carbocycles. The maximum atomic E-state index is 5.74. The van der Waals surface area contributed by atoms with Gasteiger partial charge in [0.2, 0.25) is 0 Å². The second-order valence-electron chi connectivity index (χ2n) is 6.72. The fourth-order valence-corrected chi connectivity index (χ4v) is 3.67. The van der Waals surface area contributed by atoms with Crippen molar-refractivity contribution in [3.05, 3.63) is 53.7 Å². The van der Waals surface area contributed by atoms with E-state index in [0.717, 1.165) is 50.8 Å². The molecule has 1 saturated heterocycles. The molecule has 0 saturated carbocycles. The number of benzene rings is 1. The summed E-state index contributed by atoms with van der Waals surface area (Å²) in [5.74, 6) is 2.70. The van der Waals surface area contributed by atoms with Crippen molar-refractivity contribution < 1.29 is 4.74 Å². The lowest BCUT2D eigenvalue weighted by molar-refractivity contribution is 0.264. The molecule has 2 aliphatic rings. The minimum absolute atomic E-state index is 0.534. The number of nitrogens with zero attached hydrogens (tertiary/aromatic N) is 2. The van der Waals surface area contributed by atoms with Crippen LogP contribution < -0.4 is 15.0 Å². The van der Waals surface area contributed by atoms with E-state index in [1.54, 1.807) is 0 Å². The molecule has 1 unspecified atom stereocenters. The Morgan fingerprint density at radius 1 is 1.12 bits per heavy atom. The van der Waals surface area contributed by atoms with E-state index in [0.29, 0.717) is 5.92 Å². The Balaban J connectivity index is 1.31. The largest absolute Gasteiger partial charge is 0.493 e. The van der Waals surface area contributed by atoms with Gasteiger partial charge in [-0.1, -0.05) is 24.3 Å². The summed E-state index contributed by atoms with van der Waals surface area (Å²) in [6.45, 7) is 4.96. The van der Waals surface area contributed by atoms with Crippen molar-refractivity contribution in [1.29, 1.82) is 0 Å². The smallest absolute Gasteiger partial charge is 0.128 e. The van der Waals surface area contributed by atoms with Crippen LogP contribution in [0.25, 0.3) is 0 Å². The molecule has 4 nitrogen and oxygen atoms in total. The van der Waals surface area contributed by atoms with Crippen molar-refractivity contribution in [2.24, 2.45) is 0 Å². The van der Waals surface area contributed by atoms with E-state index in [1.165, 1.54) is 24.0 Å². The van der Waals surface area contributed by atoms with Crippen LogP contribution in [0.5, 0.6) is 5.75 Å². The van der Waals surface area contributed by atoms with Gasteiger partial charge >= 0.3 is 0 Å². The van der Waals surface area contributed by atoms with Crippen molar-refractivity contribution in [2.75, 3.05) is 31.1 Å². The Bertz CT molecular complexity index is 665. The Hall–Kier alpha value is -2.07. The second-order valence-corrected chi connectivity index (χ2v) is 6.72. The molecule has 2 aromatic rings. The Morgan fingerprint density at radius 2 is 2.00 bits per heavy atom. The van der Waals surface area contributed by atoms with Crippen LogP contribution in [0.15, 0.2) is 42.6 Å². The highest BCUT2D eigenvalue weighted by Crippen LogP contribution is 2.32. The summed E-state index contributed by atoms with van der Waals surface area (Å²) in [6.07, 6.45) is 5.67. The highest BCUT2D eigenvalue weighted by atomic mass is 16.5. The number of pyridine rings is 1. The second kappa shape index (κ2) is 7.22. The highest BCUT2D eigenvalue weighted by Gasteiger charge is 2.20. The predicted molar refractivity (Wildman–Crippen MR) is 96.7 cm³/mol. The van der Waals surface area contributed by atoms with Gasteiger partial charge in [0.1, 0.15) is 11.6 Å². The van der Waals surface area contributed by atoms with Gasteiger partial charge in [-0.3, -0.25) is 0 Å². The molecule has 0 bridgehead atoms. The van der Waals surface area contributed by atoms with Crippen LogP contribution in [0.2, 0.25) is 0 Å². The minimum atomic E-state index is 0.534. The zero-order chi connectivity index (χ0) is 16.2. The molecule has 1 fully saturated rings. The van der Waals surface area contributed by atoms with Crippen molar-refractivity contribution in [1.82, 2.24) is 10.3 Å². The fourth-order valence-electron chi connectivity index (χ4n) is 3.67. The van der Waals surface area contributed by atoms with E-state index in [9.17, 15) is 0 Å². The van der Waals surface area contributed by atoms with E-state index < -0.39 is 0 Å². The molecule has 0 amide bonds. The van der Waals surface area contributed by atoms with Crippen LogP contribution in [-0.4, -0.2) is 31.2 Å². The van der Waals surface area contributed by atoms with Gasteiger partial charge in [-0.05, 0) is 42.5 Å². The Morgan fingerprint density at radius 3 is 2.83 bits per heavy atom. The maximum absolute atomic E-state index is 5.74. The van der Waals surface area contributed by atoms with Crippen LogP contribution in [0.4, 0.5) is 5.82 Å². The van der Waals surface area contributed by atoms with Crippen molar-refractivity contribution in [2.45, 2.75) is 31.7 Å². The number of rotatable bonds is 5. The molecule has 3 heterocycles. The number of aromatic nitrogens is 1. The molecule has 126 valence electrons. The van der Waals surface area contributed by atoms with Gasteiger partial charge < -0.3 is 15.0 Å². The van der Waals surface area contributed by atoms with E-state index in [1.807, 2.05) is 12.3 Å². The van der Waals surface area contributed by atoms with E-state index >= 15 is 0 Å². The molecule has 1 atom stereocenters. The third kappa shape index (κ3) is 3.39. The topological polar surface area (TPSA) is 37.4 Å². The molecule has 0 radical (unpaired) electrons. The third-order valence-corrected chi connectivity index (χ3v) is 5.04. The summed E-state index contributed by atoms with van der Waals surface area (Å²) in [4.78, 5) is 7.00. The average molecular weight is 323 g/mol. The first-order valence-electron chi connectivity index (χ1n) is 9.02. The Kier molecular flexibility index (Phi) is 4.65. The summed E-state index contributed by atoms with van der Waals surface area (Å²) in [5.41, 5.74) is 2.58. The molecule has 24 heavy (non-hydrogen) atoms. The first kappa shape index (κ1) is 15.5. The van der Waals surface area contributed by atoms with Crippen LogP contribution in [-0.2, 0) is 6.54 Å². The van der Waals surface area contributed by atoms with Gasteiger partial charge in [-0.25, -0.2) is 4.98 Å². The molecule has 1 N–H and O–H groups in total. The normalized spacial score (nSPS) is 19.8. The summed E-state index contributed by atoms with van der Waals surface area (Å²) >= 11 is 0. The van der Waals surface area contributed by atoms with Crippen molar-refractivity contribution in [3.8, 4) is 5.75 Å². The summed E-state index contributed by atoms with van der Waals surface area (Å²) in [6, 6.07) is 12.8. The zero-order valence-corrected chi connectivity index (χ0v) is 14.1. The number of ether oxygens (including phenoxy) is 1. The molecule has 4 rings (SSSR count). The molecule has 0 spiro atoms. The number of hydrogen-bond acceptors (Lipinski definition) is 4. The molecule has 1 aromatic heterocycles. The standard InChI is InChI=1S/C20H25N3O/c1-2-6-19-18(5-1)17(9-12-24-19)15-21-13-16-7-8-20(22-14-16)23-10-3-4-11-23/h1-2,5-8,14,17,21H,3-4,9-13,15H2. The fraction of sp³-hybridized carbons (Fsp3) is 0.450. The van der Waals surface area contributed by atoms with E-state index in [2.05, 4.69) is 45.5 Å². The van der Waals surface area contributed by atoms with Gasteiger partial charge in [0.15, 0.2) is 0 Å². The van der Waals surface area contributed by atoms with Crippen LogP contribution >= 0.6 is 0 Å². The summed E-state index contributed by atoms with van der Waals surface area (Å²) in [7, 11) is 0. The highest BCUT2D eigenvalue weighted by molar-refractivity contribution is 5.40. The van der Waals surface area contributed by atoms with Crippen LogP contribution in [0.3, 0.4) is 0 Å². The number of nitrogens with one attached hydrogen (secondary N) is 1. The molecule has 4 heteroatoms. The predicted octanol–water partition coefficient (Wildman–Crippen LogP) is 3.34. The first-order valence-corrected chi connectivity index (χ1v) is 9.02. The molecular formula is C20H25N3O. The van der Waals surface area contributed by atoms with Gasteiger partial charge in [0.05, 0.1) is 6.61 Å². The zero-order valence-electron chi connectivity index (χ0n) is 14.1. The van der Waals surface area contributed by atoms with Crippen molar-refractivity contribution in [3.63, 3.8) is 0 Å². The SMILES string of the molecule is c1ccc2c(c1)OCCC2CNCc1ccc(N2CCCC2)nc1. The summed E-state index contributed by atoms with van der Waals surface area (Å²) < 4.78 is 5.74. The molecule has 2 aliphatic heterocycles. The van der Waals surface area contributed by atoms with Gasteiger partial charge in [0, 0.05) is 38.3 Å². The number of hydrogen-bond donors (Lipinski definition) is 1. The van der Waals surface area contributed by atoms with Gasteiger partial charge in [-0.2, -0.15) is 0 Å². The van der Waals surface area contributed by atoms with E-state index in [-0.39, 0.29) is 0 Å². The van der Waals surface area contributed by atoms with Gasteiger partial charge in [-0.15, -0.1) is 0 Å². The van der Waals surface area contributed by atoms with Crippen LogP contribution in [0, 0.1) is 0 Å². The lowest BCUT2D eigenvalue weighted by Crippen LogP contribution is -2.25. The monoisotopic (exact) mass is 323 g/mol.